The van der Waals surface area contributed by atoms with Crippen LogP contribution in [0.1, 0.15) is 12.5 Å². The highest BCUT2D eigenvalue weighted by atomic mass is 19.4. The number of rotatable bonds is 4. The van der Waals surface area contributed by atoms with Crippen LogP contribution in [0.5, 0.6) is 11.5 Å². The van der Waals surface area contributed by atoms with E-state index >= 15 is 0 Å². The van der Waals surface area contributed by atoms with Crippen molar-refractivity contribution in [3.8, 4) is 11.5 Å². The van der Waals surface area contributed by atoms with Crippen molar-refractivity contribution in [1.29, 1.82) is 0 Å². The van der Waals surface area contributed by atoms with Gasteiger partial charge in [0.25, 0.3) is 0 Å². The third kappa shape index (κ3) is 3.18. The van der Waals surface area contributed by atoms with Gasteiger partial charge in [0.15, 0.2) is 11.5 Å². The van der Waals surface area contributed by atoms with E-state index in [9.17, 15) is 13.2 Å². The number of fused-ring (bicyclic) bond motifs is 2. The van der Waals surface area contributed by atoms with Gasteiger partial charge in [0.05, 0.1) is 16.6 Å². The molecule has 0 saturated heterocycles. The molecule has 1 aliphatic rings. The summed E-state index contributed by atoms with van der Waals surface area (Å²) in [4.78, 5) is 11.0. The third-order valence-electron chi connectivity index (χ3n) is 3.92. The number of benzene rings is 1. The second kappa shape index (κ2) is 6.53. The van der Waals surface area contributed by atoms with E-state index in [0.717, 1.165) is 6.20 Å². The number of anilines is 3. The minimum Gasteiger partial charge on any atom is -0.485 e. The van der Waals surface area contributed by atoms with Crippen molar-refractivity contribution < 1.29 is 22.6 Å². The number of alkyl halides is 3. The molecule has 27 heavy (non-hydrogen) atoms. The van der Waals surface area contributed by atoms with Crippen molar-refractivity contribution in [2.24, 2.45) is 0 Å². The maximum atomic E-state index is 13.3. The Morgan fingerprint density at radius 3 is 2.85 bits per heavy atom. The Morgan fingerprint density at radius 1 is 1.26 bits per heavy atom. The van der Waals surface area contributed by atoms with Crippen LogP contribution in [0, 0.1) is 6.07 Å². The molecule has 0 atom stereocenters. The first-order chi connectivity index (χ1) is 13.0. The second-order valence-electron chi connectivity index (χ2n) is 5.72. The van der Waals surface area contributed by atoms with E-state index in [1.54, 1.807) is 19.1 Å². The molecule has 1 aliphatic heterocycles. The lowest BCUT2D eigenvalue weighted by atomic mass is 10.2. The second-order valence-corrected chi connectivity index (χ2v) is 5.72. The van der Waals surface area contributed by atoms with Crippen LogP contribution in [-0.4, -0.2) is 34.7 Å². The molecule has 0 amide bonds. The Balaban J connectivity index is 1.78. The van der Waals surface area contributed by atoms with Crippen molar-refractivity contribution >= 4 is 28.5 Å². The normalized spacial score (nSPS) is 13.6. The Kier molecular flexibility index (Phi) is 4.17. The van der Waals surface area contributed by atoms with Crippen molar-refractivity contribution in [2.45, 2.75) is 13.1 Å². The van der Waals surface area contributed by atoms with Crippen LogP contribution in [0.25, 0.3) is 11.0 Å². The lowest BCUT2D eigenvalue weighted by Crippen LogP contribution is -2.16. The molecule has 3 heterocycles. The maximum absolute atomic E-state index is 13.3. The first-order valence-electron chi connectivity index (χ1n) is 8.25. The lowest BCUT2D eigenvalue weighted by molar-refractivity contribution is -0.136. The Hall–Kier alpha value is -3.17. The summed E-state index contributed by atoms with van der Waals surface area (Å²) in [6, 6.07) is 6.27. The molecule has 0 fully saturated rings. The fourth-order valence-corrected chi connectivity index (χ4v) is 2.83. The molecule has 0 spiro atoms. The lowest BCUT2D eigenvalue weighted by Gasteiger charge is -2.21. The fraction of sp³-hybridized carbons (Fsp3) is 0.294. The summed E-state index contributed by atoms with van der Waals surface area (Å²) < 4.78 is 50.8. The molecule has 3 N–H and O–H groups in total. The molecule has 1 aromatic carbocycles. The third-order valence-corrected chi connectivity index (χ3v) is 3.92. The number of H-pyrrole nitrogens is 1. The van der Waals surface area contributed by atoms with E-state index in [1.807, 2.05) is 0 Å². The SMILES string of the molecule is CCNc1nc(Nc2cc[c]c3c2OCCO3)nc2[nH]cc(C(F)(F)F)c12. The quantitative estimate of drug-likeness (QED) is 0.642. The average Bonchev–Trinajstić information content (AvgIpc) is 3.07. The van der Waals surface area contributed by atoms with E-state index in [1.165, 1.54) is 0 Å². The number of hydrogen-bond acceptors (Lipinski definition) is 6. The summed E-state index contributed by atoms with van der Waals surface area (Å²) in [5, 5.41) is 5.75. The molecule has 4 rings (SSSR count). The highest BCUT2D eigenvalue weighted by molar-refractivity contribution is 5.92. The Labute approximate surface area is 151 Å². The molecule has 0 bridgehead atoms. The Morgan fingerprint density at radius 2 is 2.07 bits per heavy atom. The van der Waals surface area contributed by atoms with Gasteiger partial charge < -0.3 is 25.1 Å². The topological polar surface area (TPSA) is 84.1 Å². The van der Waals surface area contributed by atoms with E-state index < -0.39 is 11.7 Å². The number of aromatic amines is 1. The van der Waals surface area contributed by atoms with Crippen LogP contribution in [0.15, 0.2) is 18.3 Å². The monoisotopic (exact) mass is 378 g/mol. The summed E-state index contributed by atoms with van der Waals surface area (Å²) in [6.45, 7) is 2.98. The van der Waals surface area contributed by atoms with Gasteiger partial charge in [-0.15, -0.1) is 0 Å². The van der Waals surface area contributed by atoms with Gasteiger partial charge in [-0.05, 0) is 19.1 Å². The highest BCUT2D eigenvalue weighted by Gasteiger charge is 2.35. The van der Waals surface area contributed by atoms with Crippen molar-refractivity contribution in [3.63, 3.8) is 0 Å². The molecule has 0 saturated carbocycles. The number of hydrogen-bond donors (Lipinski definition) is 3. The molecule has 3 aromatic rings. The Bertz CT molecular complexity index is 987. The van der Waals surface area contributed by atoms with Crippen LogP contribution < -0.4 is 20.1 Å². The maximum Gasteiger partial charge on any atom is 0.418 e. The first kappa shape index (κ1) is 17.3. The van der Waals surface area contributed by atoms with Gasteiger partial charge in [-0.2, -0.15) is 23.1 Å². The van der Waals surface area contributed by atoms with Gasteiger partial charge in [0, 0.05) is 18.8 Å². The van der Waals surface area contributed by atoms with E-state index in [-0.39, 0.29) is 22.8 Å². The molecular weight excluding hydrogens is 363 g/mol. The average molecular weight is 378 g/mol. The van der Waals surface area contributed by atoms with Crippen LogP contribution in [0.2, 0.25) is 0 Å². The number of ether oxygens (including phenoxy) is 2. The number of aromatic nitrogens is 3. The molecule has 2 aromatic heterocycles. The zero-order valence-corrected chi connectivity index (χ0v) is 14.2. The molecule has 1 radical (unpaired) electrons. The van der Waals surface area contributed by atoms with Crippen molar-refractivity contribution in [1.82, 2.24) is 15.0 Å². The van der Waals surface area contributed by atoms with E-state index in [2.05, 4.69) is 31.7 Å². The van der Waals surface area contributed by atoms with Gasteiger partial charge in [-0.25, -0.2) is 0 Å². The molecule has 0 aliphatic carbocycles. The predicted octanol–water partition coefficient (Wildman–Crippen LogP) is 3.72. The summed E-state index contributed by atoms with van der Waals surface area (Å²) in [5.74, 6) is 1.13. The minimum absolute atomic E-state index is 0.0734. The van der Waals surface area contributed by atoms with Crippen LogP contribution >= 0.6 is 0 Å². The zero-order chi connectivity index (χ0) is 19.0. The van der Waals surface area contributed by atoms with Crippen molar-refractivity contribution in [3.05, 3.63) is 30.0 Å². The van der Waals surface area contributed by atoms with Gasteiger partial charge in [-0.1, -0.05) is 0 Å². The smallest absolute Gasteiger partial charge is 0.418 e. The molecule has 7 nitrogen and oxygen atoms in total. The highest BCUT2D eigenvalue weighted by Crippen LogP contribution is 2.40. The zero-order valence-electron chi connectivity index (χ0n) is 14.2. The fourth-order valence-electron chi connectivity index (χ4n) is 2.83. The van der Waals surface area contributed by atoms with E-state index in [4.69, 9.17) is 9.47 Å². The predicted molar refractivity (Wildman–Crippen MR) is 92.6 cm³/mol. The molecule has 141 valence electrons. The van der Waals surface area contributed by atoms with E-state index in [0.29, 0.717) is 36.9 Å². The summed E-state index contributed by atoms with van der Waals surface area (Å²) >= 11 is 0. The minimum atomic E-state index is -4.51. The van der Waals surface area contributed by atoms with Gasteiger partial charge in [-0.3, -0.25) is 0 Å². The molecular formula is C17H15F3N5O2. The van der Waals surface area contributed by atoms with Crippen LogP contribution in [0.4, 0.5) is 30.6 Å². The summed E-state index contributed by atoms with van der Waals surface area (Å²) in [6.07, 6.45) is -3.62. The van der Waals surface area contributed by atoms with Gasteiger partial charge in [0.1, 0.15) is 24.7 Å². The number of nitrogens with one attached hydrogen (secondary N) is 3. The van der Waals surface area contributed by atoms with Crippen LogP contribution in [-0.2, 0) is 6.18 Å². The number of halogens is 3. The van der Waals surface area contributed by atoms with Gasteiger partial charge in [0.2, 0.25) is 5.95 Å². The summed E-state index contributed by atoms with van der Waals surface area (Å²) in [7, 11) is 0. The molecule has 0 unspecified atom stereocenters. The number of nitrogens with zero attached hydrogens (tertiary/aromatic N) is 2. The standard InChI is InChI=1S/C17H15F3N5O2/c1-2-21-14-12-9(17(18,19)20)8-22-15(12)25-16(24-14)23-10-4-3-5-11-13(10)27-7-6-26-11/h3-4,8H,2,6-7H2,1H3,(H3,21,22,23,24,25). The summed E-state index contributed by atoms with van der Waals surface area (Å²) in [5.41, 5.74) is -0.208. The van der Waals surface area contributed by atoms with Gasteiger partial charge >= 0.3 is 6.18 Å². The first-order valence-corrected chi connectivity index (χ1v) is 8.25. The van der Waals surface area contributed by atoms with Crippen LogP contribution in [0.3, 0.4) is 0 Å². The molecule has 10 heteroatoms. The largest absolute Gasteiger partial charge is 0.485 e. The van der Waals surface area contributed by atoms with Crippen molar-refractivity contribution in [2.75, 3.05) is 30.4 Å².